The highest BCUT2D eigenvalue weighted by Gasteiger charge is 2.31. The van der Waals surface area contributed by atoms with Crippen molar-refractivity contribution in [2.24, 2.45) is 0 Å². The minimum absolute atomic E-state index is 0.172. The fourth-order valence-electron chi connectivity index (χ4n) is 2.44. The molecule has 1 fully saturated rings. The summed E-state index contributed by atoms with van der Waals surface area (Å²) in [5.74, 6) is 0.172. The standard InChI is InChI=1S/C15H21IN2O/c1-11-5-4-6-12(13(11)16)14(19)18-9-7-15(2,17-3)8-10-18/h4-6,17H,7-10H2,1-3H3. The first kappa shape index (κ1) is 14.8. The lowest BCUT2D eigenvalue weighted by Crippen LogP contribution is -2.51. The summed E-state index contributed by atoms with van der Waals surface area (Å²) >= 11 is 2.27. The maximum Gasteiger partial charge on any atom is 0.254 e. The van der Waals surface area contributed by atoms with E-state index >= 15 is 0 Å². The lowest BCUT2D eigenvalue weighted by molar-refractivity contribution is 0.0660. The molecule has 0 aliphatic carbocycles. The summed E-state index contributed by atoms with van der Waals surface area (Å²) in [7, 11) is 2.00. The van der Waals surface area contributed by atoms with Gasteiger partial charge in [-0.15, -0.1) is 0 Å². The highest BCUT2D eigenvalue weighted by molar-refractivity contribution is 14.1. The van der Waals surface area contributed by atoms with Crippen LogP contribution in [0.1, 0.15) is 35.7 Å². The van der Waals surface area contributed by atoms with Gasteiger partial charge in [-0.1, -0.05) is 12.1 Å². The predicted molar refractivity (Wildman–Crippen MR) is 86.5 cm³/mol. The average molecular weight is 372 g/mol. The average Bonchev–Trinajstić information content (AvgIpc) is 2.42. The van der Waals surface area contributed by atoms with Crippen LogP contribution in [0.2, 0.25) is 0 Å². The van der Waals surface area contributed by atoms with Crippen LogP contribution in [0.4, 0.5) is 0 Å². The number of nitrogens with zero attached hydrogens (tertiary/aromatic N) is 1. The van der Waals surface area contributed by atoms with Crippen molar-refractivity contribution in [1.82, 2.24) is 10.2 Å². The molecular formula is C15H21IN2O. The molecule has 1 saturated heterocycles. The van der Waals surface area contributed by atoms with Gasteiger partial charge in [0.1, 0.15) is 0 Å². The molecule has 1 amide bonds. The van der Waals surface area contributed by atoms with Crippen molar-refractivity contribution in [1.29, 1.82) is 0 Å². The number of amides is 1. The second-order valence-electron chi connectivity index (χ2n) is 5.54. The van der Waals surface area contributed by atoms with Crippen molar-refractivity contribution in [3.8, 4) is 0 Å². The van der Waals surface area contributed by atoms with Gasteiger partial charge in [0.2, 0.25) is 0 Å². The number of benzene rings is 1. The van der Waals surface area contributed by atoms with Crippen LogP contribution >= 0.6 is 22.6 Å². The van der Waals surface area contributed by atoms with Crippen LogP contribution in [0.15, 0.2) is 18.2 Å². The van der Waals surface area contributed by atoms with E-state index in [1.807, 2.05) is 37.1 Å². The minimum Gasteiger partial charge on any atom is -0.338 e. The zero-order chi connectivity index (χ0) is 14.0. The Balaban J connectivity index is 2.12. The summed E-state index contributed by atoms with van der Waals surface area (Å²) in [6.45, 7) is 5.94. The first-order valence-corrected chi connectivity index (χ1v) is 7.78. The van der Waals surface area contributed by atoms with E-state index in [0.29, 0.717) is 0 Å². The molecule has 1 heterocycles. The Hall–Kier alpha value is -0.620. The molecule has 104 valence electrons. The molecule has 1 aromatic rings. The monoisotopic (exact) mass is 372 g/mol. The van der Waals surface area contributed by atoms with Crippen LogP contribution in [0.3, 0.4) is 0 Å². The molecule has 0 bridgehead atoms. The van der Waals surface area contributed by atoms with Gasteiger partial charge in [0.25, 0.3) is 5.91 Å². The summed E-state index contributed by atoms with van der Waals surface area (Å²) in [5.41, 5.74) is 2.19. The fraction of sp³-hybridized carbons (Fsp3) is 0.533. The Labute approximate surface area is 128 Å². The number of rotatable bonds is 2. The number of carbonyl (C=O) groups excluding carboxylic acids is 1. The predicted octanol–water partition coefficient (Wildman–Crippen LogP) is 2.81. The first-order chi connectivity index (χ1) is 8.97. The van der Waals surface area contributed by atoms with Crippen LogP contribution in [-0.2, 0) is 0 Å². The summed E-state index contributed by atoms with van der Waals surface area (Å²) < 4.78 is 1.08. The van der Waals surface area contributed by atoms with Crippen LogP contribution < -0.4 is 5.32 Å². The second-order valence-corrected chi connectivity index (χ2v) is 6.62. The summed E-state index contributed by atoms with van der Waals surface area (Å²) in [5, 5.41) is 3.36. The van der Waals surface area contributed by atoms with Crippen molar-refractivity contribution in [3.05, 3.63) is 32.9 Å². The number of halogens is 1. The largest absolute Gasteiger partial charge is 0.338 e. The van der Waals surface area contributed by atoms with Crippen molar-refractivity contribution < 1.29 is 4.79 Å². The van der Waals surface area contributed by atoms with Gasteiger partial charge in [-0.05, 0) is 68.0 Å². The Morgan fingerprint density at radius 1 is 1.37 bits per heavy atom. The van der Waals surface area contributed by atoms with Crippen molar-refractivity contribution in [2.75, 3.05) is 20.1 Å². The number of aryl methyl sites for hydroxylation is 1. The molecule has 0 saturated carbocycles. The van der Waals surface area contributed by atoms with Gasteiger partial charge in [-0.3, -0.25) is 4.79 Å². The van der Waals surface area contributed by atoms with E-state index in [9.17, 15) is 4.79 Å². The molecule has 1 aliphatic heterocycles. The zero-order valence-electron chi connectivity index (χ0n) is 11.8. The quantitative estimate of drug-likeness (QED) is 0.810. The van der Waals surface area contributed by atoms with Crippen LogP contribution in [-0.4, -0.2) is 36.5 Å². The summed E-state index contributed by atoms with van der Waals surface area (Å²) in [6, 6.07) is 5.95. The molecule has 19 heavy (non-hydrogen) atoms. The van der Waals surface area contributed by atoms with Crippen LogP contribution in [0, 0.1) is 10.5 Å². The number of hydrogen-bond donors (Lipinski definition) is 1. The smallest absolute Gasteiger partial charge is 0.254 e. The molecule has 2 rings (SSSR count). The summed E-state index contributed by atoms with van der Waals surface area (Å²) in [4.78, 5) is 14.6. The van der Waals surface area contributed by atoms with Gasteiger partial charge in [0.15, 0.2) is 0 Å². The molecule has 3 nitrogen and oxygen atoms in total. The number of likely N-dealkylation sites (tertiary alicyclic amines) is 1. The molecule has 0 unspecified atom stereocenters. The van der Waals surface area contributed by atoms with E-state index in [0.717, 1.165) is 35.1 Å². The third kappa shape index (κ3) is 3.11. The van der Waals surface area contributed by atoms with Crippen molar-refractivity contribution >= 4 is 28.5 Å². The molecule has 1 aromatic carbocycles. The molecule has 4 heteroatoms. The van der Waals surface area contributed by atoms with E-state index in [4.69, 9.17) is 0 Å². The molecule has 0 aromatic heterocycles. The summed E-state index contributed by atoms with van der Waals surface area (Å²) in [6.07, 6.45) is 2.02. The number of hydrogen-bond acceptors (Lipinski definition) is 2. The SMILES string of the molecule is CNC1(C)CCN(C(=O)c2cccc(C)c2I)CC1. The zero-order valence-corrected chi connectivity index (χ0v) is 14.0. The Morgan fingerprint density at radius 2 is 2.00 bits per heavy atom. The van der Waals surface area contributed by atoms with Crippen LogP contribution in [0.5, 0.6) is 0 Å². The van der Waals surface area contributed by atoms with Crippen LogP contribution in [0.25, 0.3) is 0 Å². The Morgan fingerprint density at radius 3 is 2.58 bits per heavy atom. The maximum absolute atomic E-state index is 12.6. The molecule has 0 atom stereocenters. The molecule has 1 N–H and O–H groups in total. The van der Waals surface area contributed by atoms with Crippen molar-refractivity contribution in [3.63, 3.8) is 0 Å². The van der Waals surface area contributed by atoms with Gasteiger partial charge in [-0.2, -0.15) is 0 Å². The first-order valence-electron chi connectivity index (χ1n) is 6.70. The van der Waals surface area contributed by atoms with E-state index < -0.39 is 0 Å². The Bertz CT molecular complexity index is 479. The lowest BCUT2D eigenvalue weighted by atomic mass is 9.89. The molecular weight excluding hydrogens is 351 g/mol. The molecule has 0 radical (unpaired) electrons. The molecule has 1 aliphatic rings. The third-order valence-electron chi connectivity index (χ3n) is 4.18. The minimum atomic E-state index is 0.172. The second kappa shape index (κ2) is 5.79. The van der Waals surface area contributed by atoms with Gasteiger partial charge in [-0.25, -0.2) is 0 Å². The number of nitrogens with one attached hydrogen (secondary N) is 1. The van der Waals surface area contributed by atoms with E-state index in [2.05, 4.69) is 34.8 Å². The lowest BCUT2D eigenvalue weighted by Gasteiger charge is -2.39. The highest BCUT2D eigenvalue weighted by atomic mass is 127. The topological polar surface area (TPSA) is 32.3 Å². The third-order valence-corrected chi connectivity index (χ3v) is 5.61. The maximum atomic E-state index is 12.6. The van der Waals surface area contributed by atoms with Gasteiger partial charge in [0, 0.05) is 22.2 Å². The van der Waals surface area contributed by atoms with E-state index in [1.165, 1.54) is 5.56 Å². The van der Waals surface area contributed by atoms with Gasteiger partial charge < -0.3 is 10.2 Å². The van der Waals surface area contributed by atoms with E-state index in [-0.39, 0.29) is 11.4 Å². The highest BCUT2D eigenvalue weighted by Crippen LogP contribution is 2.24. The van der Waals surface area contributed by atoms with Crippen molar-refractivity contribution in [2.45, 2.75) is 32.2 Å². The molecule has 0 spiro atoms. The normalized spacial score (nSPS) is 18.4. The number of piperidine rings is 1. The number of carbonyl (C=O) groups is 1. The van der Waals surface area contributed by atoms with E-state index in [1.54, 1.807) is 0 Å². The Kier molecular flexibility index (Phi) is 4.50. The fourth-order valence-corrected chi connectivity index (χ4v) is 3.03. The van der Waals surface area contributed by atoms with Gasteiger partial charge >= 0.3 is 0 Å². The van der Waals surface area contributed by atoms with Gasteiger partial charge in [0.05, 0.1) is 5.56 Å².